The number of sulfonamides is 1. The molecule has 0 atom stereocenters. The number of nitrogens with one attached hydrogen (secondary N) is 1. The Labute approximate surface area is 141 Å². The summed E-state index contributed by atoms with van der Waals surface area (Å²) in [4.78, 5) is 3.19. The van der Waals surface area contributed by atoms with Crippen molar-refractivity contribution in [2.75, 3.05) is 6.54 Å². The molecule has 120 valence electrons. The number of halogens is 2. The molecule has 1 aliphatic heterocycles. The van der Waals surface area contributed by atoms with Gasteiger partial charge in [-0.05, 0) is 35.9 Å². The minimum absolute atomic E-state index is 0.247. The number of H-pyrrole nitrogens is 1. The highest BCUT2D eigenvalue weighted by Crippen LogP contribution is 2.33. The molecule has 0 radical (unpaired) electrons. The van der Waals surface area contributed by atoms with Gasteiger partial charge in [-0.25, -0.2) is 12.8 Å². The van der Waals surface area contributed by atoms with Crippen molar-refractivity contribution in [3.05, 3.63) is 51.7 Å². The summed E-state index contributed by atoms with van der Waals surface area (Å²) in [6.45, 7) is 0.666. The molecule has 0 amide bonds. The Morgan fingerprint density at radius 2 is 2.09 bits per heavy atom. The van der Waals surface area contributed by atoms with Gasteiger partial charge in [-0.3, -0.25) is 0 Å². The first kappa shape index (κ1) is 15.1. The van der Waals surface area contributed by atoms with Gasteiger partial charge in [0.1, 0.15) is 10.0 Å². The van der Waals surface area contributed by atoms with Crippen LogP contribution in [0.4, 0.5) is 4.39 Å². The summed E-state index contributed by atoms with van der Waals surface area (Å²) in [6, 6.07) is 7.64. The van der Waals surface area contributed by atoms with Crippen molar-refractivity contribution in [2.45, 2.75) is 17.2 Å². The predicted molar refractivity (Wildman–Crippen MR) is 88.9 cm³/mol. The second-order valence-electron chi connectivity index (χ2n) is 5.42. The Morgan fingerprint density at radius 3 is 2.83 bits per heavy atom. The zero-order valence-electron chi connectivity index (χ0n) is 11.8. The zero-order valence-corrected chi connectivity index (χ0v) is 14.2. The monoisotopic (exact) mass is 370 g/mol. The van der Waals surface area contributed by atoms with E-state index in [1.54, 1.807) is 12.1 Å². The Morgan fingerprint density at radius 1 is 1.26 bits per heavy atom. The molecule has 0 bridgehead atoms. The molecule has 1 aromatic carbocycles. The van der Waals surface area contributed by atoms with Crippen LogP contribution in [-0.4, -0.2) is 24.3 Å². The summed E-state index contributed by atoms with van der Waals surface area (Å²) >= 11 is 6.91. The van der Waals surface area contributed by atoms with E-state index in [1.807, 2.05) is 0 Å². The molecule has 0 unspecified atom stereocenters. The average molecular weight is 371 g/mol. The summed E-state index contributed by atoms with van der Waals surface area (Å²) in [5.74, 6) is -0.311. The standard InChI is InChI=1S/C15H12ClFN2O2S2/c16-14-3-4-15(22-14)23(20,21)19-6-5-12-11(8-19)10-2-1-9(17)7-13(10)18-12/h1-4,7,18H,5-6,8H2. The molecule has 3 aromatic rings. The Balaban J connectivity index is 1.75. The Kier molecular flexibility index (Phi) is 3.49. The number of rotatable bonds is 2. The van der Waals surface area contributed by atoms with Crippen LogP contribution in [0.25, 0.3) is 10.9 Å². The molecule has 4 rings (SSSR count). The fraction of sp³-hybridized carbons (Fsp3) is 0.200. The molecule has 0 spiro atoms. The van der Waals surface area contributed by atoms with Crippen LogP contribution < -0.4 is 0 Å². The third-order valence-electron chi connectivity index (χ3n) is 4.04. The highest BCUT2D eigenvalue weighted by molar-refractivity contribution is 7.91. The van der Waals surface area contributed by atoms with E-state index in [9.17, 15) is 12.8 Å². The number of thiophene rings is 1. The molecule has 0 saturated carbocycles. The lowest BCUT2D eigenvalue weighted by Gasteiger charge is -2.25. The maximum Gasteiger partial charge on any atom is 0.252 e. The van der Waals surface area contributed by atoms with Crippen LogP contribution >= 0.6 is 22.9 Å². The van der Waals surface area contributed by atoms with Crippen molar-refractivity contribution in [3.8, 4) is 0 Å². The lowest BCUT2D eigenvalue weighted by molar-refractivity contribution is 0.392. The van der Waals surface area contributed by atoms with E-state index >= 15 is 0 Å². The van der Waals surface area contributed by atoms with Crippen molar-refractivity contribution in [3.63, 3.8) is 0 Å². The van der Waals surface area contributed by atoms with Crippen LogP contribution in [-0.2, 0) is 23.0 Å². The van der Waals surface area contributed by atoms with E-state index in [0.29, 0.717) is 22.8 Å². The highest BCUT2D eigenvalue weighted by Gasteiger charge is 2.31. The number of aromatic amines is 1. The third-order valence-corrected chi connectivity index (χ3v) is 7.59. The van der Waals surface area contributed by atoms with E-state index in [-0.39, 0.29) is 16.6 Å². The van der Waals surface area contributed by atoms with E-state index in [1.165, 1.54) is 22.5 Å². The Bertz CT molecular complexity index is 1010. The number of fused-ring (bicyclic) bond motifs is 3. The quantitative estimate of drug-likeness (QED) is 0.746. The van der Waals surface area contributed by atoms with Gasteiger partial charge in [-0.1, -0.05) is 11.6 Å². The topological polar surface area (TPSA) is 53.2 Å². The van der Waals surface area contributed by atoms with E-state index < -0.39 is 10.0 Å². The van der Waals surface area contributed by atoms with Crippen LogP contribution in [0.2, 0.25) is 4.34 Å². The number of hydrogen-bond acceptors (Lipinski definition) is 3. The van der Waals surface area contributed by atoms with E-state index in [2.05, 4.69) is 4.98 Å². The molecule has 1 aliphatic rings. The largest absolute Gasteiger partial charge is 0.358 e. The number of benzene rings is 1. The van der Waals surface area contributed by atoms with Crippen molar-refractivity contribution >= 4 is 43.9 Å². The van der Waals surface area contributed by atoms with Gasteiger partial charge in [-0.2, -0.15) is 4.31 Å². The van der Waals surface area contributed by atoms with Gasteiger partial charge in [-0.15, -0.1) is 11.3 Å². The van der Waals surface area contributed by atoms with Crippen LogP contribution in [0.1, 0.15) is 11.3 Å². The smallest absolute Gasteiger partial charge is 0.252 e. The summed E-state index contributed by atoms with van der Waals surface area (Å²) in [5.41, 5.74) is 2.59. The van der Waals surface area contributed by atoms with Gasteiger partial charge in [0.25, 0.3) is 10.0 Å². The van der Waals surface area contributed by atoms with E-state index in [0.717, 1.165) is 28.0 Å². The molecule has 2 aromatic heterocycles. The molecular weight excluding hydrogens is 359 g/mol. The second kappa shape index (κ2) is 5.31. The molecular formula is C15H12ClFN2O2S2. The minimum Gasteiger partial charge on any atom is -0.358 e. The van der Waals surface area contributed by atoms with Gasteiger partial charge in [0, 0.05) is 36.1 Å². The molecule has 23 heavy (non-hydrogen) atoms. The van der Waals surface area contributed by atoms with Crippen molar-refractivity contribution in [1.82, 2.24) is 9.29 Å². The predicted octanol–water partition coefficient (Wildman–Crippen LogP) is 3.77. The first-order valence-electron chi connectivity index (χ1n) is 6.99. The van der Waals surface area contributed by atoms with Crippen molar-refractivity contribution in [1.29, 1.82) is 0 Å². The van der Waals surface area contributed by atoms with Crippen LogP contribution in [0.15, 0.2) is 34.5 Å². The fourth-order valence-electron chi connectivity index (χ4n) is 2.94. The third kappa shape index (κ3) is 2.48. The molecule has 0 fully saturated rings. The number of hydrogen-bond donors (Lipinski definition) is 1. The number of aromatic nitrogens is 1. The maximum atomic E-state index is 13.4. The normalized spacial score (nSPS) is 15.9. The minimum atomic E-state index is -3.56. The van der Waals surface area contributed by atoms with E-state index in [4.69, 9.17) is 11.6 Å². The lowest BCUT2D eigenvalue weighted by atomic mass is 10.1. The molecule has 8 heteroatoms. The zero-order chi connectivity index (χ0) is 16.2. The summed E-state index contributed by atoms with van der Waals surface area (Å²) in [5, 5.41) is 0.866. The van der Waals surface area contributed by atoms with Crippen molar-refractivity contribution in [2.24, 2.45) is 0 Å². The molecule has 4 nitrogen and oxygen atoms in total. The van der Waals surface area contributed by atoms with Gasteiger partial charge < -0.3 is 4.98 Å². The van der Waals surface area contributed by atoms with Gasteiger partial charge >= 0.3 is 0 Å². The number of nitrogens with zero attached hydrogens (tertiary/aromatic N) is 1. The van der Waals surface area contributed by atoms with Crippen LogP contribution in [0.3, 0.4) is 0 Å². The fourth-order valence-corrected chi connectivity index (χ4v) is 5.98. The SMILES string of the molecule is O=S(=O)(c1ccc(Cl)s1)N1CCc2[nH]c3cc(F)ccc3c2C1. The molecule has 3 heterocycles. The van der Waals surface area contributed by atoms with Gasteiger partial charge in [0.05, 0.1) is 4.34 Å². The first-order chi connectivity index (χ1) is 10.9. The summed E-state index contributed by atoms with van der Waals surface area (Å²) < 4.78 is 41.0. The lowest BCUT2D eigenvalue weighted by Crippen LogP contribution is -2.35. The molecule has 0 aliphatic carbocycles. The first-order valence-corrected chi connectivity index (χ1v) is 9.63. The molecule has 0 saturated heterocycles. The summed E-state index contributed by atoms with van der Waals surface area (Å²) in [6.07, 6.45) is 0.573. The maximum absolute atomic E-state index is 13.4. The van der Waals surface area contributed by atoms with Gasteiger partial charge in [0.2, 0.25) is 0 Å². The Hall–Kier alpha value is -1.41. The highest BCUT2D eigenvalue weighted by atomic mass is 35.5. The second-order valence-corrected chi connectivity index (χ2v) is 9.30. The van der Waals surface area contributed by atoms with Crippen LogP contribution in [0, 0.1) is 5.82 Å². The average Bonchev–Trinajstić information content (AvgIpc) is 3.09. The van der Waals surface area contributed by atoms with Crippen molar-refractivity contribution < 1.29 is 12.8 Å². The van der Waals surface area contributed by atoms with Crippen LogP contribution in [0.5, 0.6) is 0 Å². The van der Waals surface area contributed by atoms with Gasteiger partial charge in [0.15, 0.2) is 0 Å². The summed E-state index contributed by atoms with van der Waals surface area (Å²) in [7, 11) is -3.56. The molecule has 1 N–H and O–H groups in total.